The summed E-state index contributed by atoms with van der Waals surface area (Å²) in [7, 11) is 4.68. The van der Waals surface area contributed by atoms with E-state index in [-0.39, 0.29) is 30.3 Å². The van der Waals surface area contributed by atoms with Crippen LogP contribution in [0.1, 0.15) is 43.3 Å². The van der Waals surface area contributed by atoms with Crippen LogP contribution < -0.4 is 0 Å². The van der Waals surface area contributed by atoms with Gasteiger partial charge < -0.3 is 9.80 Å². The van der Waals surface area contributed by atoms with Crippen LogP contribution in [0.3, 0.4) is 0 Å². The minimum atomic E-state index is -0.729. The van der Waals surface area contributed by atoms with Crippen LogP contribution in [0.4, 0.5) is 4.79 Å². The molecule has 8 heteroatoms. The number of aryl methyl sites for hydroxylation is 1. The number of likely N-dealkylation sites (N-methyl/N-ethyl adjacent to an activating group) is 2. The monoisotopic (exact) mass is 349 g/mol. The summed E-state index contributed by atoms with van der Waals surface area (Å²) in [5, 5.41) is 4.53. The molecule has 4 amide bonds. The number of carbonyl (C=O) groups is 3. The SMILES string of the molecule is Cc1nn(C(C)C)c(C)c1CN(C)C(=O)CC1C(=O)N(C)C(=O)N1C. The van der Waals surface area contributed by atoms with E-state index in [0.717, 1.165) is 21.9 Å². The average Bonchev–Trinajstić information content (AvgIpc) is 2.93. The molecular formula is C17H27N5O3. The molecule has 1 unspecified atom stereocenters. The standard InChI is InChI=1S/C17H27N5O3/c1-10(2)22-12(4)13(11(3)18-22)9-19(5)15(23)8-14-16(24)21(7)17(25)20(14)6/h10,14H,8-9H2,1-7H3. The van der Waals surface area contributed by atoms with Gasteiger partial charge in [-0.15, -0.1) is 0 Å². The van der Waals surface area contributed by atoms with Crippen LogP contribution in [0.25, 0.3) is 0 Å². The van der Waals surface area contributed by atoms with Crippen molar-refractivity contribution in [2.75, 3.05) is 21.1 Å². The molecule has 1 saturated heterocycles. The topological polar surface area (TPSA) is 78.8 Å². The van der Waals surface area contributed by atoms with Crippen molar-refractivity contribution >= 4 is 17.8 Å². The summed E-state index contributed by atoms with van der Waals surface area (Å²) in [5.41, 5.74) is 2.95. The molecular weight excluding hydrogens is 322 g/mol. The Kier molecular flexibility index (Phi) is 5.20. The second kappa shape index (κ2) is 6.85. The lowest BCUT2D eigenvalue weighted by Crippen LogP contribution is -2.38. The maximum Gasteiger partial charge on any atom is 0.326 e. The second-order valence-corrected chi connectivity index (χ2v) is 6.95. The Balaban J connectivity index is 2.09. The number of nitrogens with zero attached hydrogens (tertiary/aromatic N) is 5. The lowest BCUT2D eigenvalue weighted by molar-refractivity contribution is -0.135. The molecule has 25 heavy (non-hydrogen) atoms. The van der Waals surface area contributed by atoms with Gasteiger partial charge in [-0.05, 0) is 27.7 Å². The maximum atomic E-state index is 12.6. The molecule has 138 valence electrons. The Labute approximate surface area is 148 Å². The van der Waals surface area contributed by atoms with E-state index in [1.165, 1.54) is 11.9 Å². The highest BCUT2D eigenvalue weighted by molar-refractivity contribution is 6.05. The van der Waals surface area contributed by atoms with Gasteiger partial charge in [0.25, 0.3) is 5.91 Å². The molecule has 0 saturated carbocycles. The first-order valence-electron chi connectivity index (χ1n) is 8.39. The van der Waals surface area contributed by atoms with Gasteiger partial charge in [-0.25, -0.2) is 4.79 Å². The van der Waals surface area contributed by atoms with Crippen molar-refractivity contribution in [3.8, 4) is 0 Å². The molecule has 0 bridgehead atoms. The fourth-order valence-electron chi connectivity index (χ4n) is 3.15. The third-order valence-corrected chi connectivity index (χ3v) is 4.82. The summed E-state index contributed by atoms with van der Waals surface area (Å²) < 4.78 is 1.95. The highest BCUT2D eigenvalue weighted by Crippen LogP contribution is 2.21. The Morgan fingerprint density at radius 3 is 2.28 bits per heavy atom. The maximum absolute atomic E-state index is 12.6. The van der Waals surface area contributed by atoms with Gasteiger partial charge >= 0.3 is 6.03 Å². The number of hydrogen-bond donors (Lipinski definition) is 0. The Bertz CT molecular complexity index is 709. The van der Waals surface area contributed by atoms with Crippen molar-refractivity contribution in [3.05, 3.63) is 17.0 Å². The number of amides is 4. The van der Waals surface area contributed by atoms with E-state index in [9.17, 15) is 14.4 Å². The van der Waals surface area contributed by atoms with Crippen LogP contribution in [0.5, 0.6) is 0 Å². The van der Waals surface area contributed by atoms with Crippen LogP contribution in [0.15, 0.2) is 0 Å². The Hall–Kier alpha value is -2.38. The van der Waals surface area contributed by atoms with E-state index in [1.807, 2.05) is 18.5 Å². The van der Waals surface area contributed by atoms with Gasteiger partial charge in [0, 0.05) is 45.0 Å². The zero-order valence-electron chi connectivity index (χ0n) is 16.0. The molecule has 2 heterocycles. The van der Waals surface area contributed by atoms with Gasteiger partial charge in [0.05, 0.1) is 12.1 Å². The summed E-state index contributed by atoms with van der Waals surface area (Å²) in [6.07, 6.45) is -0.0155. The number of imide groups is 1. The molecule has 0 aromatic carbocycles. The van der Waals surface area contributed by atoms with E-state index < -0.39 is 6.04 Å². The highest BCUT2D eigenvalue weighted by Gasteiger charge is 2.42. The average molecular weight is 349 g/mol. The molecule has 0 radical (unpaired) electrons. The largest absolute Gasteiger partial charge is 0.341 e. The highest BCUT2D eigenvalue weighted by atomic mass is 16.2. The van der Waals surface area contributed by atoms with E-state index >= 15 is 0 Å². The smallest absolute Gasteiger partial charge is 0.326 e. The predicted octanol–water partition coefficient (Wildman–Crippen LogP) is 1.32. The summed E-state index contributed by atoms with van der Waals surface area (Å²) in [6.45, 7) is 8.48. The summed E-state index contributed by atoms with van der Waals surface area (Å²) in [5.74, 6) is -0.515. The molecule has 1 aromatic heterocycles. The fraction of sp³-hybridized carbons (Fsp3) is 0.647. The molecule has 1 atom stereocenters. The lowest BCUT2D eigenvalue weighted by Gasteiger charge is -2.21. The lowest BCUT2D eigenvalue weighted by atomic mass is 10.1. The van der Waals surface area contributed by atoms with Crippen LogP contribution in [-0.4, -0.2) is 69.5 Å². The summed E-state index contributed by atoms with van der Waals surface area (Å²) in [4.78, 5) is 40.5. The summed E-state index contributed by atoms with van der Waals surface area (Å²) in [6, 6.07) is -0.858. The van der Waals surface area contributed by atoms with E-state index in [4.69, 9.17) is 0 Å². The van der Waals surface area contributed by atoms with Crippen LogP contribution in [0.2, 0.25) is 0 Å². The van der Waals surface area contributed by atoms with Crippen molar-refractivity contribution in [3.63, 3.8) is 0 Å². The zero-order chi connectivity index (χ0) is 19.0. The van der Waals surface area contributed by atoms with Gasteiger partial charge in [-0.1, -0.05) is 0 Å². The van der Waals surface area contributed by atoms with E-state index in [2.05, 4.69) is 18.9 Å². The van der Waals surface area contributed by atoms with E-state index in [0.29, 0.717) is 6.54 Å². The van der Waals surface area contributed by atoms with E-state index in [1.54, 1.807) is 19.0 Å². The van der Waals surface area contributed by atoms with Crippen LogP contribution >= 0.6 is 0 Å². The first-order chi connectivity index (χ1) is 11.6. The molecule has 0 aliphatic carbocycles. The van der Waals surface area contributed by atoms with Gasteiger partial charge in [0.15, 0.2) is 0 Å². The van der Waals surface area contributed by atoms with Crippen molar-refractivity contribution in [1.82, 2.24) is 24.5 Å². The normalized spacial score (nSPS) is 17.8. The number of hydrogen-bond acceptors (Lipinski definition) is 4. The van der Waals surface area contributed by atoms with Gasteiger partial charge in [-0.3, -0.25) is 19.2 Å². The Morgan fingerprint density at radius 1 is 1.24 bits per heavy atom. The third kappa shape index (κ3) is 3.38. The molecule has 8 nitrogen and oxygen atoms in total. The van der Waals surface area contributed by atoms with Gasteiger partial charge in [0.1, 0.15) is 6.04 Å². The molecule has 0 N–H and O–H groups in total. The van der Waals surface area contributed by atoms with Crippen molar-refractivity contribution in [2.24, 2.45) is 0 Å². The molecule has 0 spiro atoms. The van der Waals surface area contributed by atoms with Crippen molar-refractivity contribution < 1.29 is 14.4 Å². The number of urea groups is 1. The first kappa shape index (κ1) is 19.0. The number of rotatable bonds is 5. The molecule has 1 aliphatic heterocycles. The summed E-state index contributed by atoms with van der Waals surface area (Å²) >= 11 is 0. The second-order valence-electron chi connectivity index (χ2n) is 6.95. The third-order valence-electron chi connectivity index (χ3n) is 4.82. The minimum absolute atomic E-state index is 0.0155. The fourth-order valence-corrected chi connectivity index (χ4v) is 3.15. The first-order valence-corrected chi connectivity index (χ1v) is 8.39. The van der Waals surface area contributed by atoms with Crippen LogP contribution in [0, 0.1) is 13.8 Å². The molecule has 1 aromatic rings. The number of carbonyl (C=O) groups excluding carboxylic acids is 3. The van der Waals surface area contributed by atoms with Crippen LogP contribution in [-0.2, 0) is 16.1 Å². The van der Waals surface area contributed by atoms with Crippen molar-refractivity contribution in [2.45, 2.75) is 52.7 Å². The quantitative estimate of drug-likeness (QED) is 0.751. The Morgan fingerprint density at radius 2 is 1.84 bits per heavy atom. The van der Waals surface area contributed by atoms with Gasteiger partial charge in [-0.2, -0.15) is 5.10 Å². The van der Waals surface area contributed by atoms with Gasteiger partial charge in [0.2, 0.25) is 5.91 Å². The molecule has 1 aliphatic rings. The number of aromatic nitrogens is 2. The van der Waals surface area contributed by atoms with Crippen molar-refractivity contribution in [1.29, 1.82) is 0 Å². The predicted molar refractivity (Wildman–Crippen MR) is 92.9 cm³/mol. The minimum Gasteiger partial charge on any atom is -0.341 e. The zero-order valence-corrected chi connectivity index (χ0v) is 16.0. The molecule has 1 fully saturated rings. The molecule has 2 rings (SSSR count).